The average molecular weight is 349 g/mol. The Hall–Kier alpha value is -3.02. The Labute approximate surface area is 150 Å². The highest BCUT2D eigenvalue weighted by molar-refractivity contribution is 5.97. The summed E-state index contributed by atoms with van der Waals surface area (Å²) in [6, 6.07) is 15.4. The van der Waals surface area contributed by atoms with Gasteiger partial charge in [-0.15, -0.1) is 0 Å². The van der Waals surface area contributed by atoms with Gasteiger partial charge in [-0.3, -0.25) is 9.36 Å². The Morgan fingerprint density at radius 1 is 1.08 bits per heavy atom. The van der Waals surface area contributed by atoms with Gasteiger partial charge in [-0.05, 0) is 43.2 Å². The second kappa shape index (κ2) is 5.76. The minimum Gasteiger partial charge on any atom is -0.487 e. The number of carbonyl (C=O) groups is 1. The number of nitrogens with one attached hydrogen (secondary N) is 1. The van der Waals surface area contributed by atoms with Crippen LogP contribution in [-0.4, -0.2) is 39.6 Å². The molecule has 1 saturated carbocycles. The first-order valence-electron chi connectivity index (χ1n) is 8.94. The molecule has 3 aromatic rings. The van der Waals surface area contributed by atoms with Crippen LogP contribution in [0.1, 0.15) is 29.2 Å². The fourth-order valence-electron chi connectivity index (χ4n) is 3.51. The number of amides is 1. The summed E-state index contributed by atoms with van der Waals surface area (Å²) < 4.78 is 7.65. The molecule has 6 nitrogen and oxygen atoms in total. The second-order valence-corrected chi connectivity index (χ2v) is 7.03. The lowest BCUT2D eigenvalue weighted by molar-refractivity contribution is 0.0178. The molecule has 0 bridgehead atoms. The quantitative estimate of drug-likeness (QED) is 0.787. The van der Waals surface area contributed by atoms with Gasteiger partial charge < -0.3 is 14.6 Å². The molecule has 5 rings (SSSR count). The molecule has 0 radical (unpaired) electrons. The van der Waals surface area contributed by atoms with Gasteiger partial charge in [0, 0.05) is 11.6 Å². The van der Waals surface area contributed by atoms with E-state index >= 15 is 0 Å². The Kier molecular flexibility index (Phi) is 3.38. The van der Waals surface area contributed by atoms with Crippen LogP contribution in [-0.2, 0) is 0 Å². The van der Waals surface area contributed by atoms with Crippen LogP contribution in [0.5, 0.6) is 5.75 Å². The Balaban J connectivity index is 1.30. The van der Waals surface area contributed by atoms with Crippen LogP contribution in [0.15, 0.2) is 53.3 Å². The lowest BCUT2D eigenvalue weighted by Crippen LogP contribution is -2.56. The molecule has 1 aliphatic heterocycles. The number of rotatable bonds is 4. The average Bonchev–Trinajstić information content (AvgIpc) is 3.39. The Morgan fingerprint density at radius 3 is 2.58 bits per heavy atom. The molecule has 26 heavy (non-hydrogen) atoms. The van der Waals surface area contributed by atoms with Gasteiger partial charge >= 0.3 is 5.69 Å². The number of imidazole rings is 1. The fraction of sp³-hybridized carbons (Fsp3) is 0.300. The normalized spacial score (nSPS) is 17.3. The van der Waals surface area contributed by atoms with Gasteiger partial charge in [-0.25, -0.2) is 4.79 Å². The van der Waals surface area contributed by atoms with Crippen molar-refractivity contribution in [1.82, 2.24) is 14.5 Å². The van der Waals surface area contributed by atoms with E-state index in [0.29, 0.717) is 24.7 Å². The molecule has 1 N–H and O–H groups in total. The number of fused-ring (bicyclic) bond motifs is 1. The highest BCUT2D eigenvalue weighted by Crippen LogP contribution is 2.35. The minimum atomic E-state index is -0.0904. The van der Waals surface area contributed by atoms with Crippen molar-refractivity contribution in [3.8, 4) is 5.75 Å². The lowest BCUT2D eigenvalue weighted by atomic mass is 10.1. The first kappa shape index (κ1) is 15.3. The van der Waals surface area contributed by atoms with Crippen LogP contribution in [0.4, 0.5) is 0 Å². The van der Waals surface area contributed by atoms with Crippen LogP contribution in [0.25, 0.3) is 11.0 Å². The zero-order valence-electron chi connectivity index (χ0n) is 14.2. The predicted molar refractivity (Wildman–Crippen MR) is 97.6 cm³/mol. The van der Waals surface area contributed by atoms with Crippen LogP contribution in [0.2, 0.25) is 0 Å². The summed E-state index contributed by atoms with van der Waals surface area (Å²) >= 11 is 0. The number of benzene rings is 2. The monoisotopic (exact) mass is 349 g/mol. The maximum absolute atomic E-state index is 12.7. The smallest absolute Gasteiger partial charge is 0.326 e. The summed E-state index contributed by atoms with van der Waals surface area (Å²) in [5.74, 6) is 0.796. The third kappa shape index (κ3) is 2.58. The molecule has 0 unspecified atom stereocenters. The number of likely N-dealkylation sites (tertiary alicyclic amines) is 1. The van der Waals surface area contributed by atoms with Crippen molar-refractivity contribution < 1.29 is 9.53 Å². The third-order valence-corrected chi connectivity index (χ3v) is 5.06. The molecular formula is C20H19N3O3. The molecule has 2 aliphatic rings. The molecule has 2 heterocycles. The van der Waals surface area contributed by atoms with Crippen molar-refractivity contribution in [2.75, 3.05) is 13.1 Å². The summed E-state index contributed by atoms with van der Waals surface area (Å²) in [5.41, 5.74) is 2.11. The first-order chi connectivity index (χ1) is 12.7. The summed E-state index contributed by atoms with van der Waals surface area (Å²) in [7, 11) is 0. The fourth-order valence-corrected chi connectivity index (χ4v) is 3.51. The number of hydrogen-bond acceptors (Lipinski definition) is 3. The van der Waals surface area contributed by atoms with E-state index in [1.165, 1.54) is 0 Å². The van der Waals surface area contributed by atoms with E-state index < -0.39 is 0 Å². The maximum atomic E-state index is 12.7. The number of hydrogen-bond donors (Lipinski definition) is 1. The highest BCUT2D eigenvalue weighted by Gasteiger charge is 2.33. The van der Waals surface area contributed by atoms with E-state index in [0.717, 1.165) is 29.6 Å². The van der Waals surface area contributed by atoms with Gasteiger partial charge in [0.25, 0.3) is 5.91 Å². The summed E-state index contributed by atoms with van der Waals surface area (Å²) in [6.45, 7) is 1.15. The summed E-state index contributed by atoms with van der Waals surface area (Å²) in [5, 5.41) is 0. The van der Waals surface area contributed by atoms with Gasteiger partial charge in [0.05, 0.1) is 24.1 Å². The van der Waals surface area contributed by atoms with Crippen LogP contribution >= 0.6 is 0 Å². The number of H-pyrrole nitrogens is 1. The highest BCUT2D eigenvalue weighted by atomic mass is 16.5. The largest absolute Gasteiger partial charge is 0.487 e. The van der Waals surface area contributed by atoms with Gasteiger partial charge in [0.1, 0.15) is 11.9 Å². The van der Waals surface area contributed by atoms with E-state index in [2.05, 4.69) is 4.98 Å². The topological polar surface area (TPSA) is 67.3 Å². The third-order valence-electron chi connectivity index (χ3n) is 5.06. The molecular weight excluding hydrogens is 330 g/mol. The van der Waals surface area contributed by atoms with Crippen molar-refractivity contribution >= 4 is 16.9 Å². The predicted octanol–water partition coefficient (Wildman–Crippen LogP) is 2.57. The van der Waals surface area contributed by atoms with E-state index in [4.69, 9.17) is 4.74 Å². The van der Waals surface area contributed by atoms with Gasteiger partial charge in [0.15, 0.2) is 0 Å². The molecule has 2 fully saturated rings. The van der Waals surface area contributed by atoms with Crippen LogP contribution < -0.4 is 10.4 Å². The van der Waals surface area contributed by atoms with Crippen LogP contribution in [0.3, 0.4) is 0 Å². The number of carbonyl (C=O) groups excluding carboxylic acids is 1. The van der Waals surface area contributed by atoms with Crippen molar-refractivity contribution in [3.63, 3.8) is 0 Å². The molecule has 1 aromatic heterocycles. The number of ether oxygens (including phenoxy) is 1. The lowest BCUT2D eigenvalue weighted by Gasteiger charge is -2.39. The zero-order chi connectivity index (χ0) is 17.7. The standard InChI is InChI=1S/C20H19N3O3/c24-19(22-11-16(12-22)26-15-4-2-1-3-5-15)13-6-9-18-17(10-13)21-20(25)23(18)14-7-8-14/h1-6,9-10,14,16H,7-8,11-12H2,(H,21,25). The van der Waals surface area contributed by atoms with Crippen molar-refractivity contribution in [2.24, 2.45) is 0 Å². The van der Waals surface area contributed by atoms with E-state index in [1.54, 1.807) is 15.5 Å². The molecule has 1 aliphatic carbocycles. The first-order valence-corrected chi connectivity index (χ1v) is 8.94. The minimum absolute atomic E-state index is 0.0279. The Morgan fingerprint density at radius 2 is 1.85 bits per heavy atom. The van der Waals surface area contributed by atoms with Gasteiger partial charge in [0.2, 0.25) is 0 Å². The molecule has 1 amide bonds. The SMILES string of the molecule is O=C(c1ccc2c(c1)[nH]c(=O)n2C1CC1)N1CC(Oc2ccccc2)C1. The number of para-hydroxylation sites is 1. The van der Waals surface area contributed by atoms with Gasteiger partial charge in [-0.2, -0.15) is 0 Å². The Bertz CT molecular complexity index is 1030. The zero-order valence-corrected chi connectivity index (χ0v) is 14.2. The maximum Gasteiger partial charge on any atom is 0.326 e. The molecule has 0 spiro atoms. The number of aromatic amines is 1. The molecule has 0 atom stereocenters. The number of aromatic nitrogens is 2. The van der Waals surface area contributed by atoms with Crippen molar-refractivity contribution in [3.05, 3.63) is 64.6 Å². The van der Waals surface area contributed by atoms with Crippen LogP contribution in [0, 0.1) is 0 Å². The molecule has 6 heteroatoms. The summed E-state index contributed by atoms with van der Waals surface area (Å²) in [6.07, 6.45) is 2.12. The van der Waals surface area contributed by atoms with Crippen molar-refractivity contribution in [2.45, 2.75) is 25.0 Å². The van der Waals surface area contributed by atoms with Crippen molar-refractivity contribution in [1.29, 1.82) is 0 Å². The van der Waals surface area contributed by atoms with Gasteiger partial charge in [-0.1, -0.05) is 18.2 Å². The molecule has 2 aromatic carbocycles. The number of nitrogens with zero attached hydrogens (tertiary/aromatic N) is 2. The summed E-state index contributed by atoms with van der Waals surface area (Å²) in [4.78, 5) is 29.4. The molecule has 1 saturated heterocycles. The second-order valence-electron chi connectivity index (χ2n) is 7.03. The van der Waals surface area contributed by atoms with E-state index in [9.17, 15) is 9.59 Å². The van der Waals surface area contributed by atoms with E-state index in [1.807, 2.05) is 42.5 Å². The van der Waals surface area contributed by atoms with E-state index in [-0.39, 0.29) is 17.7 Å². The molecule has 132 valence electrons.